The Hall–Kier alpha value is -2.16. The number of benzene rings is 1. The van der Waals surface area contributed by atoms with Gasteiger partial charge in [-0.15, -0.1) is 0 Å². The highest BCUT2D eigenvalue weighted by atomic mass is 35.5. The lowest BCUT2D eigenvalue weighted by Gasteiger charge is -2.09. The van der Waals surface area contributed by atoms with Gasteiger partial charge in [-0.05, 0) is 61.3 Å². The molecule has 0 radical (unpaired) electrons. The Labute approximate surface area is 173 Å². The Bertz CT molecular complexity index is 900. The van der Waals surface area contributed by atoms with Gasteiger partial charge in [-0.3, -0.25) is 0 Å². The molecule has 0 aliphatic rings. The van der Waals surface area contributed by atoms with Crippen LogP contribution in [0.15, 0.2) is 36.4 Å². The Balaban J connectivity index is 0.000000261. The molecule has 0 N–H and O–H groups in total. The average molecular weight is 452 g/mol. The summed E-state index contributed by atoms with van der Waals surface area (Å²) in [6, 6.07) is 7.64. The lowest BCUT2D eigenvalue weighted by Crippen LogP contribution is -2.04. The number of hydrogen-bond acceptors (Lipinski definition) is 5. The average Bonchev–Trinajstić information content (AvgIpc) is 2.52. The molecule has 5 nitrogen and oxygen atoms in total. The van der Waals surface area contributed by atoms with Crippen LogP contribution < -0.4 is 4.74 Å². The number of aryl methyl sites for hydroxylation is 2. The highest BCUT2D eigenvalue weighted by Crippen LogP contribution is 2.32. The van der Waals surface area contributed by atoms with Gasteiger partial charge in [0.15, 0.2) is 0 Å². The zero-order valence-corrected chi connectivity index (χ0v) is 16.7. The van der Waals surface area contributed by atoms with Gasteiger partial charge in [0.1, 0.15) is 10.9 Å². The van der Waals surface area contributed by atoms with Crippen LogP contribution in [0, 0.1) is 13.8 Å². The Kier molecular flexibility index (Phi) is 7.40. The molecular formula is C17H12Cl3F3N4O. The molecule has 0 bridgehead atoms. The summed E-state index contributed by atoms with van der Waals surface area (Å²) >= 11 is 16.6. The number of halogens is 6. The molecule has 3 aromatic rings. The summed E-state index contributed by atoms with van der Waals surface area (Å²) < 4.78 is 42.8. The molecule has 0 saturated heterocycles. The molecule has 0 saturated carbocycles. The Morgan fingerprint density at radius 1 is 0.821 bits per heavy atom. The molecule has 0 spiro atoms. The van der Waals surface area contributed by atoms with Crippen molar-refractivity contribution in [3.8, 4) is 11.6 Å². The van der Waals surface area contributed by atoms with Crippen molar-refractivity contribution >= 4 is 34.8 Å². The van der Waals surface area contributed by atoms with E-state index in [4.69, 9.17) is 39.5 Å². The number of nitrogens with zero attached hydrogens (tertiary/aromatic N) is 4. The zero-order valence-electron chi connectivity index (χ0n) is 14.4. The minimum atomic E-state index is -4.42. The summed E-state index contributed by atoms with van der Waals surface area (Å²) in [5, 5.41) is 0.550. The summed E-state index contributed by atoms with van der Waals surface area (Å²) in [6.07, 6.45) is -4.42. The van der Waals surface area contributed by atoms with Crippen LogP contribution in [0.5, 0.6) is 11.6 Å². The lowest BCUT2D eigenvalue weighted by molar-refractivity contribution is -0.137. The first-order valence-corrected chi connectivity index (χ1v) is 8.69. The van der Waals surface area contributed by atoms with Crippen molar-refractivity contribution < 1.29 is 17.9 Å². The summed E-state index contributed by atoms with van der Waals surface area (Å²) in [6.45, 7) is 3.48. The molecule has 2 heterocycles. The van der Waals surface area contributed by atoms with E-state index in [1.54, 1.807) is 19.9 Å². The highest BCUT2D eigenvalue weighted by Gasteiger charge is 2.30. The smallest absolute Gasteiger partial charge is 0.416 e. The van der Waals surface area contributed by atoms with Crippen LogP contribution in [-0.4, -0.2) is 19.9 Å². The molecule has 11 heteroatoms. The van der Waals surface area contributed by atoms with E-state index in [0.717, 1.165) is 17.8 Å². The van der Waals surface area contributed by atoms with Crippen LogP contribution in [0.3, 0.4) is 0 Å². The molecular weight excluding hydrogens is 440 g/mol. The maximum Gasteiger partial charge on any atom is 0.416 e. The van der Waals surface area contributed by atoms with Crippen LogP contribution in [-0.2, 0) is 6.18 Å². The molecule has 148 valence electrons. The van der Waals surface area contributed by atoms with E-state index in [1.165, 1.54) is 18.2 Å². The molecule has 0 aliphatic carbocycles. The van der Waals surface area contributed by atoms with E-state index in [0.29, 0.717) is 10.8 Å². The van der Waals surface area contributed by atoms with Gasteiger partial charge in [0.2, 0.25) is 16.4 Å². The van der Waals surface area contributed by atoms with Gasteiger partial charge in [0.25, 0.3) is 0 Å². The normalized spacial score (nSPS) is 10.9. The first kappa shape index (κ1) is 22.1. The molecule has 0 atom stereocenters. The van der Waals surface area contributed by atoms with Crippen LogP contribution in [0.1, 0.15) is 17.0 Å². The standard InChI is InChI=1S/C12H8ClF3N2O.C5H4Cl2N2/c1-7-5-10(18-11(13)17-7)19-9-4-2-3-8(6-9)12(14,15)16;1-3-2-4(6)9-5(7)8-3/h2-6H,1H3;2H,1H3. The topological polar surface area (TPSA) is 60.8 Å². The molecule has 0 fully saturated rings. The summed E-state index contributed by atoms with van der Waals surface area (Å²) in [7, 11) is 0. The predicted octanol–water partition coefficient (Wildman–Crippen LogP) is 6.34. The van der Waals surface area contributed by atoms with E-state index < -0.39 is 11.7 Å². The highest BCUT2D eigenvalue weighted by molar-refractivity contribution is 6.31. The van der Waals surface area contributed by atoms with Gasteiger partial charge in [-0.2, -0.15) is 18.2 Å². The Morgan fingerprint density at radius 2 is 1.43 bits per heavy atom. The van der Waals surface area contributed by atoms with E-state index in [9.17, 15) is 13.2 Å². The van der Waals surface area contributed by atoms with Crippen molar-refractivity contribution in [2.75, 3.05) is 0 Å². The van der Waals surface area contributed by atoms with Crippen molar-refractivity contribution in [1.82, 2.24) is 19.9 Å². The van der Waals surface area contributed by atoms with Crippen molar-refractivity contribution in [3.05, 3.63) is 69.1 Å². The largest absolute Gasteiger partial charge is 0.439 e. The van der Waals surface area contributed by atoms with E-state index in [-0.39, 0.29) is 22.2 Å². The maximum atomic E-state index is 12.5. The summed E-state index contributed by atoms with van der Waals surface area (Å²) in [5.74, 6) is 0.126. The SMILES string of the molecule is Cc1cc(Cl)nc(Cl)n1.Cc1cc(Oc2cccc(C(F)(F)F)c2)nc(Cl)n1. The lowest BCUT2D eigenvalue weighted by atomic mass is 10.2. The van der Waals surface area contributed by atoms with Crippen LogP contribution in [0.4, 0.5) is 13.2 Å². The summed E-state index contributed by atoms with van der Waals surface area (Å²) in [4.78, 5) is 15.1. The van der Waals surface area contributed by atoms with Gasteiger partial charge in [0.05, 0.1) is 5.56 Å². The van der Waals surface area contributed by atoms with E-state index in [2.05, 4.69) is 19.9 Å². The quantitative estimate of drug-likeness (QED) is 0.336. The van der Waals surface area contributed by atoms with Gasteiger partial charge < -0.3 is 4.74 Å². The van der Waals surface area contributed by atoms with Crippen LogP contribution >= 0.6 is 34.8 Å². The fraction of sp³-hybridized carbons (Fsp3) is 0.176. The van der Waals surface area contributed by atoms with Gasteiger partial charge in [-0.1, -0.05) is 17.7 Å². The molecule has 0 aliphatic heterocycles. The number of hydrogen-bond donors (Lipinski definition) is 0. The number of rotatable bonds is 2. The number of ether oxygens (including phenoxy) is 1. The second kappa shape index (κ2) is 9.36. The minimum Gasteiger partial charge on any atom is -0.439 e. The molecule has 2 aromatic heterocycles. The molecule has 0 unspecified atom stereocenters. The maximum absolute atomic E-state index is 12.5. The predicted molar refractivity (Wildman–Crippen MR) is 100 cm³/mol. The van der Waals surface area contributed by atoms with Crippen molar-refractivity contribution in [2.45, 2.75) is 20.0 Å². The number of alkyl halides is 3. The minimum absolute atomic E-state index is 0.0259. The second-order valence-electron chi connectivity index (χ2n) is 5.35. The van der Waals surface area contributed by atoms with Crippen molar-refractivity contribution in [1.29, 1.82) is 0 Å². The van der Waals surface area contributed by atoms with Crippen LogP contribution in [0.2, 0.25) is 15.7 Å². The molecule has 3 rings (SSSR count). The van der Waals surface area contributed by atoms with Crippen molar-refractivity contribution in [3.63, 3.8) is 0 Å². The summed E-state index contributed by atoms with van der Waals surface area (Å²) in [5.41, 5.74) is 0.545. The van der Waals surface area contributed by atoms with Crippen molar-refractivity contribution in [2.24, 2.45) is 0 Å². The van der Waals surface area contributed by atoms with Gasteiger partial charge in [-0.25, -0.2) is 15.0 Å². The second-order valence-corrected chi connectivity index (χ2v) is 6.41. The van der Waals surface area contributed by atoms with E-state index >= 15 is 0 Å². The van der Waals surface area contributed by atoms with E-state index in [1.807, 2.05) is 0 Å². The first-order valence-electron chi connectivity index (χ1n) is 7.56. The van der Waals surface area contributed by atoms with Gasteiger partial charge >= 0.3 is 6.18 Å². The third-order valence-electron chi connectivity index (χ3n) is 2.98. The monoisotopic (exact) mass is 450 g/mol. The molecule has 0 amide bonds. The third kappa shape index (κ3) is 7.10. The van der Waals surface area contributed by atoms with Crippen LogP contribution in [0.25, 0.3) is 0 Å². The fourth-order valence-corrected chi connectivity index (χ4v) is 2.63. The number of aromatic nitrogens is 4. The fourth-order valence-electron chi connectivity index (χ4n) is 1.91. The molecule has 28 heavy (non-hydrogen) atoms. The Morgan fingerprint density at radius 3 is 1.96 bits per heavy atom. The molecule has 1 aromatic carbocycles. The van der Waals surface area contributed by atoms with Gasteiger partial charge in [0, 0.05) is 17.5 Å². The third-order valence-corrected chi connectivity index (χ3v) is 3.51. The zero-order chi connectivity index (χ0) is 20.9. The first-order chi connectivity index (χ1) is 13.0.